The summed E-state index contributed by atoms with van der Waals surface area (Å²) in [4.78, 5) is 35.7. The molecule has 452 valence electrons. The quantitative estimate of drug-likeness (QED) is 0.0211. The zero-order valence-corrected chi connectivity index (χ0v) is 52.1. The van der Waals surface area contributed by atoms with Crippen molar-refractivity contribution < 1.29 is 42.1 Å². The Morgan fingerprint density at radius 2 is 0.713 bits per heavy atom. The number of rotatable bonds is 55. The molecular weight excluding hydrogens is 1010 g/mol. The summed E-state index contributed by atoms with van der Waals surface area (Å²) in [6, 6.07) is 0. The molecule has 0 spiro atoms. The average Bonchev–Trinajstić information content (AvgIpc) is 3.42. The summed E-state index contributed by atoms with van der Waals surface area (Å²) >= 11 is 0. The van der Waals surface area contributed by atoms with Gasteiger partial charge in [-0.1, -0.05) is 236 Å². The van der Waals surface area contributed by atoms with Gasteiger partial charge in [0.25, 0.3) is 0 Å². The highest BCUT2D eigenvalue weighted by molar-refractivity contribution is 7.47. The first-order valence-electron chi connectivity index (χ1n) is 31.2. The van der Waals surface area contributed by atoms with Crippen LogP contribution in [0.5, 0.6) is 0 Å². The molecule has 2 unspecified atom stereocenters. The van der Waals surface area contributed by atoms with Crippen LogP contribution >= 0.6 is 7.82 Å². The third-order valence-electron chi connectivity index (χ3n) is 12.5. The fourth-order valence-electron chi connectivity index (χ4n) is 7.75. The summed E-state index contributed by atoms with van der Waals surface area (Å²) in [7, 11) is 1.44. The number of nitrogens with zero attached hydrogens (tertiary/aromatic N) is 1. The highest BCUT2D eigenvalue weighted by Crippen LogP contribution is 2.43. The fourth-order valence-corrected chi connectivity index (χ4v) is 8.50. The summed E-state index contributed by atoms with van der Waals surface area (Å²) in [6.45, 7) is 4.24. The molecule has 0 aromatic carbocycles. The van der Waals surface area contributed by atoms with Gasteiger partial charge < -0.3 is 18.9 Å². The van der Waals surface area contributed by atoms with Crippen LogP contribution in [0.25, 0.3) is 0 Å². The van der Waals surface area contributed by atoms with Crippen molar-refractivity contribution >= 4 is 19.8 Å². The Labute approximate surface area is 490 Å². The van der Waals surface area contributed by atoms with Crippen molar-refractivity contribution in [1.82, 2.24) is 0 Å². The number of carbonyl (C=O) groups excluding carboxylic acids is 2. The minimum atomic E-state index is -4.41. The lowest BCUT2D eigenvalue weighted by molar-refractivity contribution is -0.870. The highest BCUT2D eigenvalue weighted by atomic mass is 31.2. The molecule has 0 aliphatic carbocycles. The molecule has 0 amide bonds. The molecule has 9 nitrogen and oxygen atoms in total. The van der Waals surface area contributed by atoms with Gasteiger partial charge in [-0.05, 0) is 128 Å². The second-order valence-corrected chi connectivity index (χ2v) is 22.8. The first kappa shape index (κ1) is 75.6. The standard InChI is InChI=1S/C70H114NO8P/c1-6-8-10-12-14-16-18-20-22-24-25-26-27-28-29-30-31-32-33-34-35-36-37-38-39-40-41-42-43-44-45-47-49-51-53-55-57-59-61-63-70(73)79-68(67-78-80(74,75)77-65-64-71(3,4)5)66-76-69(72)62-60-58-56-54-52-50-48-46-23-21-19-17-15-13-11-9-7-2/h8,10,14-17,20-23,25-26,28-29,31-32,34-35,37-38,40-41,43-44,47,49,68H,6-7,9,11-13,18-19,24,27,30,33,36,39,42,45-46,48,50-67H2,1-5H3/p+1/b10-8-,16-14-,17-15-,22-20-,23-21-,26-25-,29-28-,32-31-,35-34-,38-37-,41-40-,44-43-,49-47-. The van der Waals surface area contributed by atoms with E-state index in [0.717, 1.165) is 141 Å². The van der Waals surface area contributed by atoms with E-state index in [9.17, 15) is 19.0 Å². The Bertz CT molecular complexity index is 1900. The maximum atomic E-state index is 12.8. The second-order valence-electron chi connectivity index (χ2n) is 21.4. The summed E-state index contributed by atoms with van der Waals surface area (Å²) < 4.78 is 34.5. The second kappa shape index (κ2) is 59.3. The largest absolute Gasteiger partial charge is 0.472 e. The Morgan fingerprint density at radius 1 is 0.400 bits per heavy atom. The summed E-state index contributed by atoms with van der Waals surface area (Å²) in [6.07, 6.45) is 88.9. The Hall–Kier alpha value is -4.37. The molecule has 1 N–H and O–H groups in total. The van der Waals surface area contributed by atoms with Crippen molar-refractivity contribution in [1.29, 1.82) is 0 Å². The number of carbonyl (C=O) groups is 2. The maximum absolute atomic E-state index is 12.8. The lowest BCUT2D eigenvalue weighted by Crippen LogP contribution is -2.37. The zero-order chi connectivity index (χ0) is 58.4. The molecule has 80 heavy (non-hydrogen) atoms. The highest BCUT2D eigenvalue weighted by Gasteiger charge is 2.27. The minimum absolute atomic E-state index is 0.0177. The van der Waals surface area contributed by atoms with E-state index in [1.165, 1.54) is 44.9 Å². The van der Waals surface area contributed by atoms with Gasteiger partial charge in [-0.25, -0.2) is 4.57 Å². The predicted molar refractivity (Wildman–Crippen MR) is 343 cm³/mol. The third-order valence-corrected chi connectivity index (χ3v) is 13.5. The number of allylic oxidation sites excluding steroid dienone is 26. The molecule has 0 aliphatic rings. The normalized spacial score (nSPS) is 14.3. The molecule has 0 aromatic heterocycles. The van der Waals surface area contributed by atoms with Gasteiger partial charge in [-0.2, -0.15) is 0 Å². The molecule has 0 heterocycles. The fraction of sp³-hybridized carbons (Fsp3) is 0.600. The van der Waals surface area contributed by atoms with Crippen molar-refractivity contribution in [3.63, 3.8) is 0 Å². The van der Waals surface area contributed by atoms with Crippen LogP contribution in [0.4, 0.5) is 0 Å². The molecule has 0 aliphatic heterocycles. The molecule has 0 fully saturated rings. The van der Waals surface area contributed by atoms with Gasteiger partial charge in [-0.15, -0.1) is 0 Å². The monoisotopic (exact) mass is 1130 g/mol. The summed E-state index contributed by atoms with van der Waals surface area (Å²) in [5.74, 6) is -0.840. The predicted octanol–water partition coefficient (Wildman–Crippen LogP) is 20.0. The van der Waals surface area contributed by atoms with E-state index in [1.807, 2.05) is 21.1 Å². The Morgan fingerprint density at radius 3 is 1.06 bits per heavy atom. The maximum Gasteiger partial charge on any atom is 0.472 e. The van der Waals surface area contributed by atoms with Gasteiger partial charge in [0.15, 0.2) is 6.10 Å². The van der Waals surface area contributed by atoms with Gasteiger partial charge in [0.2, 0.25) is 0 Å². The van der Waals surface area contributed by atoms with E-state index in [4.69, 9.17) is 18.5 Å². The SMILES string of the molecule is CC/C=C\C/C=C\C/C=C\C/C=C\C/C=C\C/C=C\C/C=C\C/C=C\C/C=C\C/C=C\C/C=C\CCCCCCCC(=O)OC(COC(=O)CCCCCCCCC/C=C\C/C=C\CCCCC)COP(=O)(O)OCC[N+](C)(C)C. The van der Waals surface area contributed by atoms with Crippen LogP contribution in [0.2, 0.25) is 0 Å². The number of hydrogen-bond donors (Lipinski definition) is 1. The number of hydrogen-bond acceptors (Lipinski definition) is 7. The van der Waals surface area contributed by atoms with Gasteiger partial charge in [-0.3, -0.25) is 18.6 Å². The van der Waals surface area contributed by atoms with E-state index < -0.39 is 26.5 Å². The number of phosphoric ester groups is 1. The lowest BCUT2D eigenvalue weighted by Gasteiger charge is -2.24. The van der Waals surface area contributed by atoms with Crippen LogP contribution in [0.1, 0.15) is 219 Å². The van der Waals surface area contributed by atoms with Crippen LogP contribution in [-0.2, 0) is 32.7 Å². The van der Waals surface area contributed by atoms with Crippen molar-refractivity contribution in [2.75, 3.05) is 47.5 Å². The van der Waals surface area contributed by atoms with Crippen LogP contribution in [-0.4, -0.2) is 74.9 Å². The van der Waals surface area contributed by atoms with Crippen LogP contribution in [0, 0.1) is 0 Å². The molecule has 0 rings (SSSR count). The number of ether oxygens (including phenoxy) is 2. The van der Waals surface area contributed by atoms with Crippen LogP contribution in [0.3, 0.4) is 0 Å². The number of esters is 2. The van der Waals surface area contributed by atoms with Gasteiger partial charge in [0, 0.05) is 12.8 Å². The van der Waals surface area contributed by atoms with E-state index in [1.54, 1.807) is 0 Å². The van der Waals surface area contributed by atoms with Crippen molar-refractivity contribution in [2.24, 2.45) is 0 Å². The zero-order valence-electron chi connectivity index (χ0n) is 51.2. The molecule has 10 heteroatoms. The van der Waals surface area contributed by atoms with Crippen molar-refractivity contribution in [2.45, 2.75) is 225 Å². The minimum Gasteiger partial charge on any atom is -0.462 e. The van der Waals surface area contributed by atoms with Gasteiger partial charge >= 0.3 is 19.8 Å². The molecule has 0 saturated carbocycles. The lowest BCUT2D eigenvalue weighted by atomic mass is 10.1. The average molecular weight is 1130 g/mol. The molecule has 0 bridgehead atoms. The van der Waals surface area contributed by atoms with Gasteiger partial charge in [0.05, 0.1) is 27.7 Å². The van der Waals surface area contributed by atoms with Crippen molar-refractivity contribution in [3.8, 4) is 0 Å². The van der Waals surface area contributed by atoms with Crippen molar-refractivity contribution in [3.05, 3.63) is 158 Å². The topological polar surface area (TPSA) is 108 Å². The van der Waals surface area contributed by atoms with E-state index in [-0.39, 0.29) is 32.0 Å². The number of phosphoric acid groups is 1. The van der Waals surface area contributed by atoms with Gasteiger partial charge in [0.1, 0.15) is 19.8 Å². The van der Waals surface area contributed by atoms with Crippen LogP contribution in [0.15, 0.2) is 158 Å². The number of likely N-dealkylation sites (N-methyl/N-ethyl adjacent to an activating group) is 1. The smallest absolute Gasteiger partial charge is 0.462 e. The van der Waals surface area contributed by atoms with E-state index >= 15 is 0 Å². The van der Waals surface area contributed by atoms with E-state index in [0.29, 0.717) is 17.4 Å². The molecular formula is C70H115NO8P+. The Balaban J connectivity index is 4.20. The first-order valence-corrected chi connectivity index (χ1v) is 32.7. The molecule has 0 aromatic rings. The number of unbranched alkanes of at least 4 members (excludes halogenated alkanes) is 15. The molecule has 2 atom stereocenters. The Kier molecular flexibility index (Phi) is 56.0. The van der Waals surface area contributed by atoms with E-state index in [2.05, 4.69) is 172 Å². The first-order chi connectivity index (χ1) is 39.0. The third kappa shape index (κ3) is 62.8. The molecule has 0 saturated heterocycles. The van der Waals surface area contributed by atoms with Crippen LogP contribution < -0.4 is 0 Å². The summed E-state index contributed by atoms with van der Waals surface area (Å²) in [5, 5.41) is 0. The number of quaternary nitrogens is 1. The molecule has 0 radical (unpaired) electrons. The summed E-state index contributed by atoms with van der Waals surface area (Å²) in [5.41, 5.74) is 0.